The number of anilines is 1. The quantitative estimate of drug-likeness (QED) is 0.0393. The first-order valence-corrected chi connectivity index (χ1v) is 25.6. The summed E-state index contributed by atoms with van der Waals surface area (Å²) in [7, 11) is -4.39. The number of phosphoric acid groups is 1. The average Bonchev–Trinajstić information content (AvgIpc) is 3.86. The number of para-hydroxylation sites is 1. The number of phosphoric ester groups is 1. The van der Waals surface area contributed by atoms with Crippen LogP contribution < -0.4 is 10.3 Å². The van der Waals surface area contributed by atoms with Gasteiger partial charge < -0.3 is 24.5 Å². The molecule has 0 aliphatic carbocycles. The van der Waals surface area contributed by atoms with E-state index in [0.717, 1.165) is 30.5 Å². The number of unbranched alkanes of at least 4 members (excludes halogenated alkanes) is 14. The van der Waals surface area contributed by atoms with Gasteiger partial charge in [0, 0.05) is 10.4 Å². The lowest BCUT2D eigenvalue weighted by Gasteiger charge is -2.36. The zero-order chi connectivity index (χ0) is 46.0. The number of rotatable bonds is 30. The molecular weight excluding hydrogens is 872 g/mol. The Hall–Kier alpha value is -3.24. The molecule has 0 radical (unpaired) electrons. The summed E-state index contributed by atoms with van der Waals surface area (Å²) >= 11 is 12.9. The first-order chi connectivity index (χ1) is 30.8. The van der Waals surface area contributed by atoms with Gasteiger partial charge in [-0.05, 0) is 74.7 Å². The normalized spacial score (nSPS) is 18.4. The molecule has 352 valence electrons. The van der Waals surface area contributed by atoms with Crippen molar-refractivity contribution >= 4 is 42.4 Å². The molecule has 0 spiro atoms. The summed E-state index contributed by atoms with van der Waals surface area (Å²) in [5.41, 5.74) is 7.96. The summed E-state index contributed by atoms with van der Waals surface area (Å²) < 4.78 is 54.9. The monoisotopic (exact) mass is 941 g/mol. The standard InChI is InChI=1S/C49H70Cl2N5O7P/c1-6-8-9-10-11-12-13-14-15-16-17-18-19-20-21-24-40(58-33-38-29-37(32-52)30-39(50)31-38)34-59-64(57,63-44-26-23-22-25-41(44)51)60-35-49(5,7-2)46-45(61-48(3,4)62-46)42-27-28-43-47(53)54-36-55-56(42)43/h22-23,25-31,36,40,45-46H,6-21,24,33-35H2,1-5H3,(H2,53,54,55)/t40-,45+,46+,49-,64?/m1/s1. The third-order valence-electron chi connectivity index (χ3n) is 12.1. The zero-order valence-corrected chi connectivity index (χ0v) is 41.0. The van der Waals surface area contributed by atoms with E-state index in [0.29, 0.717) is 34.8 Å². The van der Waals surface area contributed by atoms with Gasteiger partial charge in [-0.3, -0.25) is 9.05 Å². The Labute approximate surface area is 391 Å². The Bertz CT molecular complexity index is 2130. The highest BCUT2D eigenvalue weighted by Crippen LogP contribution is 2.55. The maximum absolute atomic E-state index is 14.9. The van der Waals surface area contributed by atoms with Gasteiger partial charge in [-0.1, -0.05) is 152 Å². The minimum absolute atomic E-state index is 0.0870. The highest BCUT2D eigenvalue weighted by molar-refractivity contribution is 7.48. The lowest BCUT2D eigenvalue weighted by Crippen LogP contribution is -2.40. The maximum atomic E-state index is 14.9. The molecule has 5 rings (SSSR count). The summed E-state index contributed by atoms with van der Waals surface area (Å²) in [6.45, 7) is 9.98. The van der Waals surface area contributed by atoms with E-state index >= 15 is 0 Å². The van der Waals surface area contributed by atoms with Gasteiger partial charge in [0.05, 0.1) is 48.3 Å². The van der Waals surface area contributed by atoms with Crippen LogP contribution in [-0.2, 0) is 34.4 Å². The average molecular weight is 943 g/mol. The molecule has 0 bridgehead atoms. The molecule has 4 aromatic rings. The Morgan fingerprint density at radius 1 is 0.906 bits per heavy atom. The van der Waals surface area contributed by atoms with Gasteiger partial charge in [-0.25, -0.2) is 14.1 Å². The summed E-state index contributed by atoms with van der Waals surface area (Å²) in [5, 5.41) is 14.7. The van der Waals surface area contributed by atoms with Crippen LogP contribution in [0.2, 0.25) is 10.0 Å². The van der Waals surface area contributed by atoms with Gasteiger partial charge in [0.25, 0.3) is 0 Å². The molecule has 2 N–H and O–H groups in total. The summed E-state index contributed by atoms with van der Waals surface area (Å²) in [5.74, 6) is -0.462. The predicted molar refractivity (Wildman–Crippen MR) is 254 cm³/mol. The molecule has 15 heteroatoms. The van der Waals surface area contributed by atoms with Crippen molar-refractivity contribution in [2.45, 2.75) is 174 Å². The van der Waals surface area contributed by atoms with Crippen molar-refractivity contribution in [3.05, 3.63) is 87.8 Å². The highest BCUT2D eigenvalue weighted by atomic mass is 35.5. The van der Waals surface area contributed by atoms with Crippen LogP contribution in [-0.4, -0.2) is 45.8 Å². The molecule has 1 fully saturated rings. The number of hydrogen-bond acceptors (Lipinski definition) is 11. The third-order valence-corrected chi connectivity index (χ3v) is 14.0. The van der Waals surface area contributed by atoms with Crippen molar-refractivity contribution < 1.29 is 32.3 Å². The lowest BCUT2D eigenvalue weighted by atomic mass is 9.79. The molecule has 5 atom stereocenters. The molecule has 0 saturated carbocycles. The molecule has 1 unspecified atom stereocenters. The Morgan fingerprint density at radius 3 is 2.20 bits per heavy atom. The van der Waals surface area contributed by atoms with Gasteiger partial charge in [0.1, 0.15) is 29.8 Å². The van der Waals surface area contributed by atoms with Crippen LogP contribution in [0.4, 0.5) is 5.82 Å². The van der Waals surface area contributed by atoms with Gasteiger partial charge in [0.15, 0.2) is 11.6 Å². The molecule has 64 heavy (non-hydrogen) atoms. The van der Waals surface area contributed by atoms with Crippen LogP contribution in [0.15, 0.2) is 60.9 Å². The SMILES string of the molecule is CCCCCCCCCCCCCCCCC[C@H](COP(=O)(OC[C@@](C)(CC)[C@H]1OC(C)(C)O[C@H]1c1ccc2c(N)ncnn12)Oc1ccccc1Cl)OCc1cc(Cl)cc(C#N)c1. The van der Waals surface area contributed by atoms with E-state index in [1.165, 1.54) is 83.4 Å². The van der Waals surface area contributed by atoms with Crippen LogP contribution in [0.5, 0.6) is 5.75 Å². The fraction of sp³-hybridized carbons (Fsp3) is 0.612. The van der Waals surface area contributed by atoms with E-state index in [9.17, 15) is 9.83 Å². The number of benzene rings is 2. The van der Waals surface area contributed by atoms with E-state index in [4.69, 9.17) is 56.7 Å². The van der Waals surface area contributed by atoms with Crippen molar-refractivity contribution in [3.63, 3.8) is 0 Å². The molecule has 2 aromatic heterocycles. The topological polar surface area (TPSA) is 152 Å². The van der Waals surface area contributed by atoms with E-state index in [1.807, 2.05) is 39.8 Å². The lowest BCUT2D eigenvalue weighted by molar-refractivity contribution is -0.160. The first kappa shape index (κ1) is 51.7. The summed E-state index contributed by atoms with van der Waals surface area (Å²) in [6.07, 6.45) is 19.9. The van der Waals surface area contributed by atoms with E-state index < -0.39 is 37.3 Å². The second-order valence-electron chi connectivity index (χ2n) is 17.9. The number of nitrogen functional groups attached to an aromatic ring is 1. The number of fused-ring (bicyclic) bond motifs is 1. The number of hydrogen-bond donors (Lipinski definition) is 1. The maximum Gasteiger partial charge on any atom is 0.530 e. The molecule has 1 aliphatic rings. The minimum Gasteiger partial charge on any atom is -0.402 e. The van der Waals surface area contributed by atoms with Crippen molar-refractivity contribution in [2.24, 2.45) is 5.41 Å². The van der Waals surface area contributed by atoms with Crippen LogP contribution >= 0.6 is 31.0 Å². The van der Waals surface area contributed by atoms with Crippen molar-refractivity contribution in [1.29, 1.82) is 5.26 Å². The molecule has 0 amide bonds. The van der Waals surface area contributed by atoms with E-state index in [1.54, 1.807) is 47.0 Å². The van der Waals surface area contributed by atoms with Crippen LogP contribution in [0.25, 0.3) is 5.52 Å². The minimum atomic E-state index is -4.39. The summed E-state index contributed by atoms with van der Waals surface area (Å²) in [4.78, 5) is 4.13. The van der Waals surface area contributed by atoms with Crippen LogP contribution in [0, 0.1) is 16.7 Å². The summed E-state index contributed by atoms with van der Waals surface area (Å²) in [6, 6.07) is 17.8. The second-order valence-corrected chi connectivity index (χ2v) is 20.3. The fourth-order valence-electron chi connectivity index (χ4n) is 8.16. The molecular formula is C49H70Cl2N5O7P. The van der Waals surface area contributed by atoms with Gasteiger partial charge >= 0.3 is 7.82 Å². The van der Waals surface area contributed by atoms with E-state index in [2.05, 4.69) is 23.1 Å². The molecule has 3 heterocycles. The second kappa shape index (κ2) is 25.6. The number of nitrogens with zero attached hydrogens (tertiary/aromatic N) is 4. The van der Waals surface area contributed by atoms with Crippen molar-refractivity contribution in [1.82, 2.24) is 14.6 Å². The Morgan fingerprint density at radius 2 is 1.56 bits per heavy atom. The Balaban J connectivity index is 1.25. The van der Waals surface area contributed by atoms with Gasteiger partial charge in [-0.2, -0.15) is 10.4 Å². The number of halogens is 2. The predicted octanol–water partition coefficient (Wildman–Crippen LogP) is 14.2. The first-order valence-electron chi connectivity index (χ1n) is 23.4. The van der Waals surface area contributed by atoms with E-state index in [-0.39, 0.29) is 30.6 Å². The Kier molecular flexibility index (Phi) is 20.7. The smallest absolute Gasteiger partial charge is 0.402 e. The fourth-order valence-corrected chi connectivity index (χ4v) is 10.0. The van der Waals surface area contributed by atoms with Gasteiger partial charge in [0.2, 0.25) is 0 Å². The molecule has 1 aliphatic heterocycles. The number of nitrogens with two attached hydrogens (primary N) is 1. The van der Waals surface area contributed by atoms with Gasteiger partial charge in [-0.15, -0.1) is 0 Å². The number of aromatic nitrogens is 3. The molecule has 1 saturated heterocycles. The third kappa shape index (κ3) is 15.7. The number of nitriles is 1. The zero-order valence-electron chi connectivity index (χ0n) is 38.6. The van der Waals surface area contributed by atoms with Crippen LogP contribution in [0.3, 0.4) is 0 Å². The van der Waals surface area contributed by atoms with Crippen LogP contribution in [0.1, 0.15) is 167 Å². The van der Waals surface area contributed by atoms with Crippen molar-refractivity contribution in [3.8, 4) is 11.8 Å². The highest BCUT2D eigenvalue weighted by Gasteiger charge is 2.52. The molecule has 2 aromatic carbocycles. The number of ether oxygens (including phenoxy) is 3. The largest absolute Gasteiger partial charge is 0.530 e. The van der Waals surface area contributed by atoms with Crippen molar-refractivity contribution in [2.75, 3.05) is 18.9 Å². The molecule has 12 nitrogen and oxygen atoms in total.